The summed E-state index contributed by atoms with van der Waals surface area (Å²) in [6.45, 7) is 0. The first kappa shape index (κ1) is 11.9. The van der Waals surface area contributed by atoms with Gasteiger partial charge in [0, 0.05) is 10.9 Å². The number of allylic oxidation sites excluding steroid dienone is 1. The molecule has 0 saturated heterocycles. The van der Waals surface area contributed by atoms with Gasteiger partial charge in [-0.05, 0) is 28.2 Å². The van der Waals surface area contributed by atoms with Crippen LogP contribution in [0.5, 0.6) is 0 Å². The van der Waals surface area contributed by atoms with Crippen LogP contribution in [0, 0.1) is 0 Å². The largest absolute Gasteiger partial charge is 0.504 e. The Morgan fingerprint density at radius 3 is 2.38 bits per heavy atom. The second-order valence-corrected chi connectivity index (χ2v) is 5.16. The average Bonchev–Trinajstić information content (AvgIpc) is 2.53. The maximum atomic E-state index is 12.1. The van der Waals surface area contributed by atoms with Crippen molar-refractivity contribution in [1.29, 1.82) is 0 Å². The fraction of sp³-hybridized carbons (Fsp3) is 0. The number of carbonyl (C=O) groups excluding carboxylic acids is 1. The van der Waals surface area contributed by atoms with Crippen molar-refractivity contribution < 1.29 is 9.90 Å². The Morgan fingerprint density at radius 1 is 0.762 bits per heavy atom. The number of benzene rings is 3. The molecule has 3 aromatic carbocycles. The highest BCUT2D eigenvalue weighted by Crippen LogP contribution is 2.36. The summed E-state index contributed by atoms with van der Waals surface area (Å²) in [6.07, 6.45) is 1.55. The minimum absolute atomic E-state index is 0.192. The van der Waals surface area contributed by atoms with Crippen molar-refractivity contribution in [3.63, 3.8) is 0 Å². The molecule has 0 unspecified atom stereocenters. The van der Waals surface area contributed by atoms with E-state index in [9.17, 15) is 9.90 Å². The van der Waals surface area contributed by atoms with Crippen LogP contribution in [0.2, 0.25) is 0 Å². The van der Waals surface area contributed by atoms with E-state index in [1.165, 1.54) is 0 Å². The summed E-state index contributed by atoms with van der Waals surface area (Å²) >= 11 is 0. The summed E-state index contributed by atoms with van der Waals surface area (Å²) < 4.78 is 0. The molecule has 0 radical (unpaired) electrons. The molecule has 0 fully saturated rings. The van der Waals surface area contributed by atoms with Crippen molar-refractivity contribution in [1.82, 2.24) is 0 Å². The molecule has 0 bridgehead atoms. The Kier molecular flexibility index (Phi) is 2.45. The number of hydrogen-bond donors (Lipinski definition) is 1. The molecule has 0 spiro atoms. The highest BCUT2D eigenvalue weighted by Gasteiger charge is 2.22. The van der Waals surface area contributed by atoms with Gasteiger partial charge >= 0.3 is 0 Å². The minimum atomic E-state index is -0.307. The van der Waals surface area contributed by atoms with Gasteiger partial charge in [-0.15, -0.1) is 0 Å². The summed E-state index contributed by atoms with van der Waals surface area (Å²) in [7, 11) is 0. The fourth-order valence-corrected chi connectivity index (χ4v) is 2.96. The molecular weight excluding hydrogens is 260 g/mol. The van der Waals surface area contributed by atoms with E-state index in [1.54, 1.807) is 12.1 Å². The molecule has 2 nitrogen and oxygen atoms in total. The molecule has 21 heavy (non-hydrogen) atoms. The van der Waals surface area contributed by atoms with Crippen LogP contribution >= 0.6 is 0 Å². The van der Waals surface area contributed by atoms with Gasteiger partial charge in [0.2, 0.25) is 5.78 Å². The third-order valence-electron chi connectivity index (χ3n) is 3.93. The van der Waals surface area contributed by atoms with Crippen LogP contribution in [0.25, 0.3) is 28.0 Å². The van der Waals surface area contributed by atoms with Crippen LogP contribution in [-0.2, 0) is 0 Å². The molecule has 0 amide bonds. The maximum absolute atomic E-state index is 12.1. The van der Waals surface area contributed by atoms with Gasteiger partial charge in [-0.3, -0.25) is 4.79 Å². The van der Waals surface area contributed by atoms with Crippen LogP contribution in [-0.4, -0.2) is 10.9 Å². The zero-order chi connectivity index (χ0) is 14.4. The molecule has 1 aliphatic rings. The Labute approximate surface area is 122 Å². The molecule has 0 atom stereocenters. The van der Waals surface area contributed by atoms with Gasteiger partial charge in [0.05, 0.1) is 0 Å². The van der Waals surface area contributed by atoms with Crippen LogP contribution in [0.1, 0.15) is 15.9 Å². The van der Waals surface area contributed by atoms with Gasteiger partial charge in [0.1, 0.15) is 0 Å². The second-order valence-electron chi connectivity index (χ2n) is 5.16. The molecule has 1 N–H and O–H groups in total. The van der Waals surface area contributed by atoms with E-state index in [0.717, 1.165) is 27.5 Å². The summed E-state index contributed by atoms with van der Waals surface area (Å²) in [5, 5.41) is 11.7. The fourth-order valence-electron chi connectivity index (χ4n) is 2.96. The normalized spacial score (nSPS) is 13.3. The molecule has 1 aliphatic carbocycles. The summed E-state index contributed by atoms with van der Waals surface area (Å²) in [6, 6.07) is 19.8. The highest BCUT2D eigenvalue weighted by molar-refractivity contribution is 6.23. The standard InChI is InChI=1S/C19H12O2/c20-17-11-13-9-10-14(12-5-2-1-3-6-12)15-7-4-8-16(18(13)15)19(17)21/h1-11,20H. The third kappa shape index (κ3) is 1.69. The monoisotopic (exact) mass is 272 g/mol. The second kappa shape index (κ2) is 4.32. The molecule has 4 rings (SSSR count). The van der Waals surface area contributed by atoms with E-state index in [4.69, 9.17) is 0 Å². The minimum Gasteiger partial charge on any atom is -0.504 e. The van der Waals surface area contributed by atoms with E-state index in [-0.39, 0.29) is 11.5 Å². The molecule has 3 aromatic rings. The van der Waals surface area contributed by atoms with Gasteiger partial charge < -0.3 is 5.11 Å². The van der Waals surface area contributed by atoms with Crippen LogP contribution < -0.4 is 0 Å². The van der Waals surface area contributed by atoms with Crippen LogP contribution in [0.4, 0.5) is 0 Å². The first-order valence-electron chi connectivity index (χ1n) is 6.82. The summed E-state index contributed by atoms with van der Waals surface area (Å²) in [5.41, 5.74) is 3.67. The van der Waals surface area contributed by atoms with Crippen molar-refractivity contribution in [2.45, 2.75) is 0 Å². The topological polar surface area (TPSA) is 37.3 Å². The first-order valence-corrected chi connectivity index (χ1v) is 6.82. The maximum Gasteiger partial charge on any atom is 0.227 e. The predicted octanol–water partition coefficient (Wildman–Crippen LogP) is 4.60. The number of aliphatic hydroxyl groups excluding tert-OH is 1. The van der Waals surface area contributed by atoms with Gasteiger partial charge in [-0.1, -0.05) is 60.7 Å². The Balaban J connectivity index is 2.12. The lowest BCUT2D eigenvalue weighted by molar-refractivity contribution is 0.0981. The molecule has 0 heterocycles. The lowest BCUT2D eigenvalue weighted by Gasteiger charge is -2.16. The number of ketones is 1. The molecule has 0 saturated carbocycles. The lowest BCUT2D eigenvalue weighted by Crippen LogP contribution is -2.08. The molecular formula is C19H12O2. The van der Waals surface area contributed by atoms with E-state index in [2.05, 4.69) is 12.1 Å². The van der Waals surface area contributed by atoms with Gasteiger partial charge in [0.25, 0.3) is 0 Å². The predicted molar refractivity (Wildman–Crippen MR) is 84.3 cm³/mol. The van der Waals surface area contributed by atoms with E-state index in [1.807, 2.05) is 42.5 Å². The summed E-state index contributed by atoms with van der Waals surface area (Å²) in [5.74, 6) is -0.499. The van der Waals surface area contributed by atoms with Crippen LogP contribution in [0.3, 0.4) is 0 Å². The lowest BCUT2D eigenvalue weighted by atomic mass is 9.87. The Morgan fingerprint density at radius 2 is 1.57 bits per heavy atom. The van der Waals surface area contributed by atoms with Crippen molar-refractivity contribution in [3.8, 4) is 11.1 Å². The Hall–Kier alpha value is -2.87. The van der Waals surface area contributed by atoms with Gasteiger partial charge in [0.15, 0.2) is 5.76 Å². The number of Topliss-reactive ketones (excluding diaryl/α,β-unsaturated/α-hetero) is 1. The number of rotatable bonds is 1. The number of hydrogen-bond acceptors (Lipinski definition) is 2. The average molecular weight is 272 g/mol. The van der Waals surface area contributed by atoms with E-state index >= 15 is 0 Å². The zero-order valence-electron chi connectivity index (χ0n) is 11.2. The molecule has 100 valence electrons. The quantitative estimate of drug-likeness (QED) is 0.702. The molecule has 0 aromatic heterocycles. The molecule has 0 aliphatic heterocycles. The van der Waals surface area contributed by atoms with E-state index in [0.29, 0.717) is 5.56 Å². The SMILES string of the molecule is O=C1C(O)=Cc2ccc(-c3ccccc3)c3cccc1c23. The van der Waals surface area contributed by atoms with Crippen molar-refractivity contribution in [2.24, 2.45) is 0 Å². The van der Waals surface area contributed by atoms with Crippen molar-refractivity contribution >= 4 is 22.6 Å². The molecule has 2 heteroatoms. The number of aliphatic hydroxyl groups is 1. The van der Waals surface area contributed by atoms with Crippen molar-refractivity contribution in [3.05, 3.63) is 77.5 Å². The van der Waals surface area contributed by atoms with Crippen LogP contribution in [0.15, 0.2) is 66.4 Å². The highest BCUT2D eigenvalue weighted by atomic mass is 16.3. The smallest absolute Gasteiger partial charge is 0.227 e. The zero-order valence-corrected chi connectivity index (χ0v) is 11.2. The summed E-state index contributed by atoms with van der Waals surface area (Å²) in [4.78, 5) is 12.1. The van der Waals surface area contributed by atoms with Gasteiger partial charge in [-0.2, -0.15) is 0 Å². The van der Waals surface area contributed by atoms with Gasteiger partial charge in [-0.25, -0.2) is 0 Å². The third-order valence-corrected chi connectivity index (χ3v) is 3.93. The van der Waals surface area contributed by atoms with E-state index < -0.39 is 0 Å². The number of carbonyl (C=O) groups is 1. The van der Waals surface area contributed by atoms with Crippen molar-refractivity contribution in [2.75, 3.05) is 0 Å². The Bertz CT molecular complexity index is 906. The first-order chi connectivity index (χ1) is 10.3.